The molecule has 0 fully saturated rings. The molecule has 2 rings (SSSR count). The standard InChI is InChI=1S/C22H24O4/c1-17(15-19-9-5-3-6-10-19)25-21(23)13-14-22(24)26-18(2)16-20-11-7-4-8-12-20/h3-14,17-18H,15-16H2,1-2H3/b14-13+. The molecule has 0 saturated carbocycles. The van der Waals surface area contributed by atoms with Crippen LogP contribution in [0.15, 0.2) is 72.8 Å². The van der Waals surface area contributed by atoms with Gasteiger partial charge in [0.05, 0.1) is 0 Å². The Morgan fingerprint density at radius 1 is 0.731 bits per heavy atom. The van der Waals surface area contributed by atoms with Crippen LogP contribution < -0.4 is 0 Å². The summed E-state index contributed by atoms with van der Waals surface area (Å²) in [6.45, 7) is 3.64. The Balaban J connectivity index is 1.73. The van der Waals surface area contributed by atoms with Crippen molar-refractivity contribution in [1.29, 1.82) is 0 Å². The van der Waals surface area contributed by atoms with E-state index in [0.29, 0.717) is 12.8 Å². The van der Waals surface area contributed by atoms with Crippen molar-refractivity contribution in [2.24, 2.45) is 0 Å². The predicted molar refractivity (Wildman–Crippen MR) is 101 cm³/mol. The molecule has 4 nitrogen and oxygen atoms in total. The van der Waals surface area contributed by atoms with E-state index in [2.05, 4.69) is 0 Å². The summed E-state index contributed by atoms with van der Waals surface area (Å²) in [5.41, 5.74) is 2.18. The summed E-state index contributed by atoms with van der Waals surface area (Å²) in [6.07, 6.45) is 2.92. The highest BCUT2D eigenvalue weighted by Gasteiger charge is 2.10. The number of benzene rings is 2. The topological polar surface area (TPSA) is 52.6 Å². The number of carbonyl (C=O) groups excluding carboxylic acids is 2. The zero-order valence-electron chi connectivity index (χ0n) is 15.1. The molecule has 0 bridgehead atoms. The average Bonchev–Trinajstić information content (AvgIpc) is 2.61. The van der Waals surface area contributed by atoms with Crippen LogP contribution in [0.25, 0.3) is 0 Å². The molecule has 2 aromatic carbocycles. The lowest BCUT2D eigenvalue weighted by molar-refractivity contribution is -0.145. The van der Waals surface area contributed by atoms with E-state index >= 15 is 0 Å². The SMILES string of the molecule is CC(Cc1ccccc1)OC(=O)/C=C/C(=O)OC(C)Cc1ccccc1. The van der Waals surface area contributed by atoms with Gasteiger partial charge in [-0.2, -0.15) is 0 Å². The lowest BCUT2D eigenvalue weighted by Gasteiger charge is -2.12. The fourth-order valence-corrected chi connectivity index (χ4v) is 2.59. The summed E-state index contributed by atoms with van der Waals surface area (Å²) < 4.78 is 10.5. The van der Waals surface area contributed by atoms with Gasteiger partial charge >= 0.3 is 11.9 Å². The van der Waals surface area contributed by atoms with E-state index in [-0.39, 0.29) is 12.2 Å². The van der Waals surface area contributed by atoms with Gasteiger partial charge in [-0.1, -0.05) is 60.7 Å². The number of hydrogen-bond donors (Lipinski definition) is 0. The van der Waals surface area contributed by atoms with Crippen molar-refractivity contribution in [2.45, 2.75) is 38.9 Å². The first-order chi connectivity index (χ1) is 12.5. The highest BCUT2D eigenvalue weighted by molar-refractivity contribution is 5.91. The van der Waals surface area contributed by atoms with Gasteiger partial charge < -0.3 is 9.47 Å². The average molecular weight is 352 g/mol. The summed E-state index contributed by atoms with van der Waals surface area (Å²) in [4.78, 5) is 23.6. The van der Waals surface area contributed by atoms with Gasteiger partial charge in [-0.3, -0.25) is 0 Å². The molecule has 0 saturated heterocycles. The zero-order chi connectivity index (χ0) is 18.8. The highest BCUT2D eigenvalue weighted by atomic mass is 16.5. The van der Waals surface area contributed by atoms with Crippen LogP contribution in [0.1, 0.15) is 25.0 Å². The van der Waals surface area contributed by atoms with E-state index in [9.17, 15) is 9.59 Å². The summed E-state index contributed by atoms with van der Waals surface area (Å²) >= 11 is 0. The monoisotopic (exact) mass is 352 g/mol. The van der Waals surface area contributed by atoms with Crippen LogP contribution >= 0.6 is 0 Å². The molecule has 26 heavy (non-hydrogen) atoms. The van der Waals surface area contributed by atoms with Crippen molar-refractivity contribution in [2.75, 3.05) is 0 Å². The third kappa shape index (κ3) is 7.34. The fourth-order valence-electron chi connectivity index (χ4n) is 2.59. The van der Waals surface area contributed by atoms with Gasteiger partial charge in [0.1, 0.15) is 12.2 Å². The number of carbonyl (C=O) groups is 2. The molecule has 2 unspecified atom stereocenters. The molecule has 0 aliphatic carbocycles. The number of esters is 2. The van der Waals surface area contributed by atoms with Gasteiger partial charge in [-0.15, -0.1) is 0 Å². The molecule has 0 N–H and O–H groups in total. The van der Waals surface area contributed by atoms with Crippen molar-refractivity contribution in [3.63, 3.8) is 0 Å². The summed E-state index contributed by atoms with van der Waals surface area (Å²) in [5.74, 6) is -1.11. The van der Waals surface area contributed by atoms with E-state index in [0.717, 1.165) is 23.3 Å². The Labute approximate surface area is 154 Å². The van der Waals surface area contributed by atoms with Gasteiger partial charge in [0.25, 0.3) is 0 Å². The first-order valence-electron chi connectivity index (χ1n) is 8.70. The molecule has 0 heterocycles. The van der Waals surface area contributed by atoms with Crippen molar-refractivity contribution < 1.29 is 19.1 Å². The van der Waals surface area contributed by atoms with Crippen LogP contribution in [-0.4, -0.2) is 24.1 Å². The van der Waals surface area contributed by atoms with Gasteiger partial charge in [0, 0.05) is 25.0 Å². The Bertz CT molecular complexity index is 659. The Morgan fingerprint density at radius 3 is 1.42 bits per heavy atom. The molecule has 2 atom stereocenters. The number of ether oxygens (including phenoxy) is 2. The minimum Gasteiger partial charge on any atom is -0.459 e. The largest absolute Gasteiger partial charge is 0.459 e. The Kier molecular flexibility index (Phi) is 7.62. The Morgan fingerprint density at radius 2 is 1.08 bits per heavy atom. The van der Waals surface area contributed by atoms with Crippen molar-refractivity contribution >= 4 is 11.9 Å². The van der Waals surface area contributed by atoms with Gasteiger partial charge in [-0.25, -0.2) is 9.59 Å². The van der Waals surface area contributed by atoms with Crippen LogP contribution in [0.2, 0.25) is 0 Å². The van der Waals surface area contributed by atoms with E-state index in [4.69, 9.17) is 9.47 Å². The summed E-state index contributed by atoms with van der Waals surface area (Å²) in [6, 6.07) is 19.6. The second-order valence-electron chi connectivity index (χ2n) is 6.21. The molecule has 4 heteroatoms. The van der Waals surface area contributed by atoms with E-state index in [1.54, 1.807) is 0 Å². The predicted octanol–water partition coefficient (Wildman–Crippen LogP) is 3.89. The molecular weight excluding hydrogens is 328 g/mol. The minimum absolute atomic E-state index is 0.275. The number of rotatable bonds is 8. The molecule has 0 aliphatic rings. The molecule has 0 spiro atoms. The van der Waals surface area contributed by atoms with Gasteiger partial charge in [0.2, 0.25) is 0 Å². The molecular formula is C22H24O4. The number of hydrogen-bond acceptors (Lipinski definition) is 4. The van der Waals surface area contributed by atoms with Crippen LogP contribution in [0.4, 0.5) is 0 Å². The minimum atomic E-state index is -0.555. The first-order valence-corrected chi connectivity index (χ1v) is 8.70. The van der Waals surface area contributed by atoms with Crippen LogP contribution in [0.3, 0.4) is 0 Å². The molecule has 0 amide bonds. The highest BCUT2D eigenvalue weighted by Crippen LogP contribution is 2.07. The smallest absolute Gasteiger partial charge is 0.331 e. The molecule has 136 valence electrons. The molecule has 0 aliphatic heterocycles. The second kappa shape index (κ2) is 10.2. The molecule has 0 aromatic heterocycles. The van der Waals surface area contributed by atoms with Crippen molar-refractivity contribution in [1.82, 2.24) is 0 Å². The van der Waals surface area contributed by atoms with Crippen LogP contribution in [0, 0.1) is 0 Å². The third-order valence-corrected chi connectivity index (χ3v) is 3.72. The quantitative estimate of drug-likeness (QED) is 0.534. The molecule has 2 aromatic rings. The lowest BCUT2D eigenvalue weighted by atomic mass is 10.1. The van der Waals surface area contributed by atoms with Gasteiger partial charge in [0.15, 0.2) is 0 Å². The van der Waals surface area contributed by atoms with E-state index < -0.39 is 11.9 Å². The van der Waals surface area contributed by atoms with E-state index in [1.807, 2.05) is 74.5 Å². The third-order valence-electron chi connectivity index (χ3n) is 3.72. The van der Waals surface area contributed by atoms with Crippen LogP contribution in [-0.2, 0) is 31.9 Å². The van der Waals surface area contributed by atoms with Gasteiger partial charge in [-0.05, 0) is 25.0 Å². The first kappa shape index (κ1) is 19.4. The van der Waals surface area contributed by atoms with Crippen molar-refractivity contribution in [3.8, 4) is 0 Å². The summed E-state index contributed by atoms with van der Waals surface area (Å²) in [5, 5.41) is 0. The maximum atomic E-state index is 11.8. The molecule has 0 radical (unpaired) electrons. The lowest BCUT2D eigenvalue weighted by Crippen LogP contribution is -2.17. The van der Waals surface area contributed by atoms with Crippen molar-refractivity contribution in [3.05, 3.63) is 83.9 Å². The zero-order valence-corrected chi connectivity index (χ0v) is 15.1. The van der Waals surface area contributed by atoms with Crippen LogP contribution in [0.5, 0.6) is 0 Å². The maximum Gasteiger partial charge on any atom is 0.331 e. The fraction of sp³-hybridized carbons (Fsp3) is 0.273. The normalized spacial score (nSPS) is 13.2. The Hall–Kier alpha value is -2.88. The summed E-state index contributed by atoms with van der Waals surface area (Å²) in [7, 11) is 0. The second-order valence-corrected chi connectivity index (χ2v) is 6.21. The van der Waals surface area contributed by atoms with E-state index in [1.165, 1.54) is 0 Å². The maximum absolute atomic E-state index is 11.8.